The highest BCUT2D eigenvalue weighted by atomic mass is 28.2. The van der Waals surface area contributed by atoms with Crippen molar-refractivity contribution in [3.63, 3.8) is 0 Å². The maximum absolute atomic E-state index is 9.98. The summed E-state index contributed by atoms with van der Waals surface area (Å²) in [4.78, 5) is 9.98. The van der Waals surface area contributed by atoms with Gasteiger partial charge in [-0.15, -0.1) is 0 Å². The zero-order valence-electron chi connectivity index (χ0n) is 5.72. The van der Waals surface area contributed by atoms with Crippen LogP contribution in [0.4, 0.5) is 4.79 Å². The lowest BCUT2D eigenvalue weighted by molar-refractivity contribution is 0.163. The highest BCUT2D eigenvalue weighted by Crippen LogP contribution is 1.84. The average Bonchev–Trinajstić information content (AvgIpc) is 1.80. The van der Waals surface area contributed by atoms with Crippen molar-refractivity contribution in [3.8, 4) is 0 Å². The van der Waals surface area contributed by atoms with E-state index in [-0.39, 0.29) is 9.52 Å². The molecule has 0 atom stereocenters. The Kier molecular flexibility index (Phi) is 5.30. The van der Waals surface area contributed by atoms with E-state index in [4.69, 9.17) is 5.73 Å². The molecule has 3 nitrogen and oxygen atoms in total. The molecule has 2 N–H and O–H groups in total. The highest BCUT2D eigenvalue weighted by Gasteiger charge is 1.91. The Morgan fingerprint density at radius 2 is 2.44 bits per heavy atom. The van der Waals surface area contributed by atoms with Crippen LogP contribution in [0.1, 0.15) is 6.92 Å². The zero-order valence-corrected chi connectivity index (χ0v) is 7.14. The molecule has 0 radical (unpaired) electrons. The smallest absolute Gasteiger partial charge is 0.404 e. The van der Waals surface area contributed by atoms with Crippen LogP contribution in [0.15, 0.2) is 0 Å². The molecule has 0 aromatic rings. The lowest BCUT2D eigenvalue weighted by atomic mass is 10.8. The first kappa shape index (κ1) is 8.49. The molecule has 4 heteroatoms. The molecule has 0 aliphatic carbocycles. The summed E-state index contributed by atoms with van der Waals surface area (Å²) in [7, 11) is 0.0460. The van der Waals surface area contributed by atoms with Crippen LogP contribution >= 0.6 is 0 Å². The predicted molar refractivity (Wildman–Crippen MR) is 39.4 cm³/mol. The van der Waals surface area contributed by atoms with Crippen molar-refractivity contribution in [1.29, 1.82) is 0 Å². The quantitative estimate of drug-likeness (QED) is 0.453. The third kappa shape index (κ3) is 7.49. The Labute approximate surface area is 57.4 Å². The number of carbonyl (C=O) groups is 1. The van der Waals surface area contributed by atoms with Gasteiger partial charge in [0.05, 0.1) is 6.61 Å². The van der Waals surface area contributed by atoms with Gasteiger partial charge in [-0.25, -0.2) is 4.79 Å². The summed E-state index contributed by atoms with van der Waals surface area (Å²) in [6.45, 7) is 2.67. The topological polar surface area (TPSA) is 52.3 Å². The molecule has 0 saturated heterocycles. The molecule has 9 heavy (non-hydrogen) atoms. The Morgan fingerprint density at radius 1 is 1.78 bits per heavy atom. The number of rotatable bonds is 4. The van der Waals surface area contributed by atoms with Crippen LogP contribution in [0.5, 0.6) is 0 Å². The van der Waals surface area contributed by atoms with Crippen molar-refractivity contribution in [2.75, 3.05) is 6.61 Å². The molecular weight excluding hydrogens is 134 g/mol. The summed E-state index contributed by atoms with van der Waals surface area (Å²) < 4.78 is 4.52. The number of hydrogen-bond acceptors (Lipinski definition) is 2. The summed E-state index contributed by atoms with van der Waals surface area (Å²) in [6, 6.07) is 2.32. The first-order chi connectivity index (χ1) is 4.27. The largest absolute Gasteiger partial charge is 0.450 e. The monoisotopic (exact) mass is 147 g/mol. The minimum Gasteiger partial charge on any atom is -0.450 e. The highest BCUT2D eigenvalue weighted by molar-refractivity contribution is 6.35. The fourth-order valence-electron chi connectivity index (χ4n) is 0.525. The van der Waals surface area contributed by atoms with Crippen LogP contribution in [0.2, 0.25) is 12.1 Å². The van der Waals surface area contributed by atoms with Crippen molar-refractivity contribution in [2.45, 2.75) is 19.0 Å². The van der Waals surface area contributed by atoms with Gasteiger partial charge >= 0.3 is 6.09 Å². The number of nitrogens with two attached hydrogens (primary N) is 1. The number of hydrogen-bond donors (Lipinski definition) is 1. The van der Waals surface area contributed by atoms with Gasteiger partial charge < -0.3 is 10.5 Å². The molecule has 0 unspecified atom stereocenters. The van der Waals surface area contributed by atoms with Crippen molar-refractivity contribution in [2.24, 2.45) is 5.73 Å². The zero-order chi connectivity index (χ0) is 7.11. The molecule has 0 heterocycles. The van der Waals surface area contributed by atoms with Crippen LogP contribution in [-0.2, 0) is 4.74 Å². The van der Waals surface area contributed by atoms with Gasteiger partial charge in [0.15, 0.2) is 0 Å². The SMILES string of the molecule is CC[SiH2]CCOC(N)=O. The lowest BCUT2D eigenvalue weighted by Gasteiger charge is -1.97. The summed E-state index contributed by atoms with van der Waals surface area (Å²) in [5.41, 5.74) is 4.73. The van der Waals surface area contributed by atoms with E-state index >= 15 is 0 Å². The molecular formula is C5H13NO2Si. The Bertz CT molecular complexity index is 87.0. The van der Waals surface area contributed by atoms with Crippen LogP contribution in [0.3, 0.4) is 0 Å². The minimum atomic E-state index is -0.653. The molecule has 1 amide bonds. The van der Waals surface area contributed by atoms with Gasteiger partial charge in [-0.2, -0.15) is 0 Å². The van der Waals surface area contributed by atoms with E-state index in [1.807, 2.05) is 0 Å². The van der Waals surface area contributed by atoms with Crippen LogP contribution < -0.4 is 5.73 Å². The summed E-state index contributed by atoms with van der Waals surface area (Å²) in [5.74, 6) is 0. The van der Waals surface area contributed by atoms with Crippen LogP contribution in [0.25, 0.3) is 0 Å². The number of primary amides is 1. The van der Waals surface area contributed by atoms with Crippen molar-refractivity contribution in [1.82, 2.24) is 0 Å². The molecule has 0 saturated carbocycles. The lowest BCUT2D eigenvalue weighted by Crippen LogP contribution is -2.14. The van der Waals surface area contributed by atoms with E-state index < -0.39 is 6.09 Å². The molecule has 0 bridgehead atoms. The van der Waals surface area contributed by atoms with Crippen molar-refractivity contribution < 1.29 is 9.53 Å². The normalized spacial score (nSPS) is 10.3. The van der Waals surface area contributed by atoms with E-state index in [9.17, 15) is 4.79 Å². The van der Waals surface area contributed by atoms with E-state index in [1.165, 1.54) is 6.04 Å². The second-order valence-electron chi connectivity index (χ2n) is 1.87. The number of carbonyl (C=O) groups excluding carboxylic acids is 1. The van der Waals surface area contributed by atoms with Crippen LogP contribution in [0, 0.1) is 0 Å². The molecule has 0 rings (SSSR count). The summed E-state index contributed by atoms with van der Waals surface area (Å²) in [5, 5.41) is 0. The van der Waals surface area contributed by atoms with Crippen molar-refractivity contribution in [3.05, 3.63) is 0 Å². The van der Waals surface area contributed by atoms with Crippen molar-refractivity contribution >= 4 is 15.6 Å². The maximum Gasteiger partial charge on any atom is 0.404 e. The Hall–Kier alpha value is -0.513. The summed E-state index contributed by atoms with van der Waals surface area (Å²) >= 11 is 0. The van der Waals surface area contributed by atoms with E-state index in [2.05, 4.69) is 11.7 Å². The molecule has 0 fully saturated rings. The van der Waals surface area contributed by atoms with Gasteiger partial charge in [-0.05, 0) is 6.04 Å². The molecule has 0 spiro atoms. The van der Waals surface area contributed by atoms with E-state index in [0.29, 0.717) is 6.61 Å². The average molecular weight is 147 g/mol. The molecule has 0 aliphatic heterocycles. The third-order valence-electron chi connectivity index (χ3n) is 0.992. The molecule has 54 valence electrons. The molecule has 0 aromatic carbocycles. The predicted octanol–water partition coefficient (Wildman–Crippen LogP) is 0.107. The Morgan fingerprint density at radius 3 is 2.89 bits per heavy atom. The number of amides is 1. The Balaban J connectivity index is 2.83. The van der Waals surface area contributed by atoms with Gasteiger partial charge in [0.1, 0.15) is 0 Å². The fraction of sp³-hybridized carbons (Fsp3) is 0.800. The third-order valence-corrected chi connectivity index (χ3v) is 2.49. The van der Waals surface area contributed by atoms with Gasteiger partial charge in [0.25, 0.3) is 0 Å². The molecule has 0 aromatic heterocycles. The van der Waals surface area contributed by atoms with Gasteiger partial charge in [-0.3, -0.25) is 0 Å². The molecule has 0 aliphatic rings. The van der Waals surface area contributed by atoms with Crippen LogP contribution in [-0.4, -0.2) is 22.2 Å². The van der Waals surface area contributed by atoms with Gasteiger partial charge in [0.2, 0.25) is 0 Å². The second-order valence-corrected chi connectivity index (χ2v) is 4.29. The first-order valence-corrected chi connectivity index (χ1v) is 5.19. The van der Waals surface area contributed by atoms with E-state index in [0.717, 1.165) is 6.04 Å². The van der Waals surface area contributed by atoms with E-state index in [1.54, 1.807) is 0 Å². The second kappa shape index (κ2) is 5.62. The standard InChI is InChI=1S/C5H13NO2Si/c1-2-9-4-3-8-5(6)7/h2-4,9H2,1H3,(H2,6,7). The number of ether oxygens (including phenoxy) is 1. The summed E-state index contributed by atoms with van der Waals surface area (Å²) in [6.07, 6.45) is -0.653. The minimum absolute atomic E-state index is 0.0460. The first-order valence-electron chi connectivity index (χ1n) is 3.19. The van der Waals surface area contributed by atoms with Gasteiger partial charge in [-0.1, -0.05) is 13.0 Å². The van der Waals surface area contributed by atoms with Gasteiger partial charge in [0, 0.05) is 9.52 Å². The fourth-order valence-corrected chi connectivity index (χ4v) is 1.37. The maximum atomic E-state index is 9.98.